The third-order valence-electron chi connectivity index (χ3n) is 5.27. The van der Waals surface area contributed by atoms with Crippen LogP contribution in [0.15, 0.2) is 29.2 Å². The summed E-state index contributed by atoms with van der Waals surface area (Å²) in [7, 11) is -3.63. The minimum Gasteiger partial charge on any atom is -0.336 e. The Labute approximate surface area is 158 Å². The highest BCUT2D eigenvalue weighted by atomic mass is 35.5. The molecule has 0 aromatic heterocycles. The Morgan fingerprint density at radius 2 is 1.96 bits per heavy atom. The van der Waals surface area contributed by atoms with E-state index in [0.717, 1.165) is 19.3 Å². The average Bonchev–Trinajstić information content (AvgIpc) is 3.14. The number of halogens is 1. The predicted octanol–water partition coefficient (Wildman–Crippen LogP) is 2.19. The number of nitrogens with one attached hydrogen (secondary N) is 2. The molecule has 0 bridgehead atoms. The van der Waals surface area contributed by atoms with Crippen LogP contribution in [0.1, 0.15) is 38.5 Å². The van der Waals surface area contributed by atoms with E-state index in [9.17, 15) is 18.5 Å². The van der Waals surface area contributed by atoms with Crippen LogP contribution in [0.5, 0.6) is 0 Å². The Morgan fingerprint density at radius 1 is 1.27 bits per heavy atom. The van der Waals surface area contributed by atoms with Crippen molar-refractivity contribution in [1.29, 1.82) is 5.26 Å². The van der Waals surface area contributed by atoms with Crippen molar-refractivity contribution < 1.29 is 13.2 Å². The first kappa shape index (κ1) is 19.2. The number of amides is 1. The molecule has 1 aromatic carbocycles. The number of nitrogens with zero attached hydrogens (tertiary/aromatic N) is 1. The summed E-state index contributed by atoms with van der Waals surface area (Å²) < 4.78 is 25.6. The van der Waals surface area contributed by atoms with Gasteiger partial charge in [0.05, 0.1) is 27.3 Å². The molecule has 3 rings (SSSR count). The van der Waals surface area contributed by atoms with Crippen LogP contribution in [0.25, 0.3) is 0 Å². The van der Waals surface area contributed by atoms with Crippen molar-refractivity contribution in [3.63, 3.8) is 0 Å². The Kier molecular flexibility index (Phi) is 5.56. The Hall–Kier alpha value is -1.62. The molecule has 2 N–H and O–H groups in total. The first-order valence-electron chi connectivity index (χ1n) is 8.83. The molecular formula is C18H22ClN3O3S. The van der Waals surface area contributed by atoms with Crippen molar-refractivity contribution in [3.05, 3.63) is 29.3 Å². The first-order chi connectivity index (χ1) is 12.4. The summed E-state index contributed by atoms with van der Waals surface area (Å²) in [6, 6.07) is 7.96. The van der Waals surface area contributed by atoms with Gasteiger partial charge >= 0.3 is 0 Å². The molecule has 1 aromatic rings. The number of hydrogen-bond acceptors (Lipinski definition) is 5. The van der Waals surface area contributed by atoms with Crippen LogP contribution in [0.2, 0.25) is 5.02 Å². The Balaban J connectivity index is 1.69. The van der Waals surface area contributed by atoms with Crippen molar-refractivity contribution in [2.75, 3.05) is 6.54 Å². The number of sulfone groups is 1. The van der Waals surface area contributed by atoms with Crippen LogP contribution in [0.4, 0.5) is 0 Å². The van der Waals surface area contributed by atoms with Gasteiger partial charge in [-0.05, 0) is 31.4 Å². The van der Waals surface area contributed by atoms with E-state index in [4.69, 9.17) is 11.6 Å². The number of benzene rings is 1. The largest absolute Gasteiger partial charge is 0.336 e. The minimum absolute atomic E-state index is 0.0929. The fourth-order valence-electron chi connectivity index (χ4n) is 3.74. The molecule has 2 fully saturated rings. The van der Waals surface area contributed by atoms with Gasteiger partial charge in [0.15, 0.2) is 9.84 Å². The first-order valence-corrected chi connectivity index (χ1v) is 10.8. The van der Waals surface area contributed by atoms with Crippen molar-refractivity contribution in [2.24, 2.45) is 0 Å². The van der Waals surface area contributed by atoms with E-state index in [1.807, 2.05) is 0 Å². The zero-order valence-corrected chi connectivity index (χ0v) is 15.9. The molecule has 1 amide bonds. The molecule has 6 nitrogen and oxygen atoms in total. The monoisotopic (exact) mass is 395 g/mol. The summed E-state index contributed by atoms with van der Waals surface area (Å²) in [5.41, 5.74) is -0.823. The van der Waals surface area contributed by atoms with Crippen LogP contribution in [0.3, 0.4) is 0 Å². The number of nitriles is 1. The lowest BCUT2D eigenvalue weighted by Crippen LogP contribution is -2.53. The van der Waals surface area contributed by atoms with E-state index in [0.29, 0.717) is 12.8 Å². The molecule has 140 valence electrons. The van der Waals surface area contributed by atoms with Crippen LogP contribution in [0, 0.1) is 11.3 Å². The molecule has 1 saturated carbocycles. The lowest BCUT2D eigenvalue weighted by Gasteiger charge is -2.32. The average molecular weight is 396 g/mol. The minimum atomic E-state index is -3.63. The fraction of sp³-hybridized carbons (Fsp3) is 0.556. The topological polar surface area (TPSA) is 99.1 Å². The lowest BCUT2D eigenvalue weighted by molar-refractivity contribution is -0.124. The van der Waals surface area contributed by atoms with Gasteiger partial charge in [-0.15, -0.1) is 0 Å². The van der Waals surface area contributed by atoms with Gasteiger partial charge in [0, 0.05) is 6.54 Å². The van der Waals surface area contributed by atoms with Crippen LogP contribution < -0.4 is 10.6 Å². The van der Waals surface area contributed by atoms with E-state index >= 15 is 0 Å². The number of carbonyl (C=O) groups is 1. The molecule has 1 aliphatic carbocycles. The van der Waals surface area contributed by atoms with Crippen LogP contribution >= 0.6 is 11.6 Å². The number of hydrogen-bond donors (Lipinski definition) is 2. The smallest absolute Gasteiger partial charge is 0.238 e. The summed E-state index contributed by atoms with van der Waals surface area (Å²) in [5.74, 6) is -0.301. The van der Waals surface area contributed by atoms with Gasteiger partial charge < -0.3 is 10.6 Å². The maximum atomic E-state index is 12.8. The summed E-state index contributed by atoms with van der Waals surface area (Å²) in [6.07, 6.45) is 4.34. The second-order valence-electron chi connectivity index (χ2n) is 7.04. The Bertz CT molecular complexity index is 828. The molecular weight excluding hydrogens is 374 g/mol. The molecule has 0 spiro atoms. The van der Waals surface area contributed by atoms with Gasteiger partial charge in [0.1, 0.15) is 5.54 Å². The number of rotatable bonds is 4. The quantitative estimate of drug-likeness (QED) is 0.814. The van der Waals surface area contributed by atoms with Crippen molar-refractivity contribution in [1.82, 2.24) is 10.6 Å². The van der Waals surface area contributed by atoms with Crippen LogP contribution in [-0.4, -0.2) is 37.7 Å². The maximum Gasteiger partial charge on any atom is 0.238 e. The second-order valence-corrected chi connectivity index (χ2v) is 9.64. The molecule has 0 radical (unpaired) electrons. The van der Waals surface area contributed by atoms with Gasteiger partial charge in [-0.2, -0.15) is 5.26 Å². The normalized spacial score (nSPS) is 25.4. The van der Waals surface area contributed by atoms with Gasteiger partial charge in [-0.3, -0.25) is 4.79 Å². The summed E-state index contributed by atoms with van der Waals surface area (Å²) in [4.78, 5) is 12.7. The maximum absolute atomic E-state index is 12.8. The highest BCUT2D eigenvalue weighted by Crippen LogP contribution is 2.30. The number of carbonyl (C=O) groups excluding carboxylic acids is 1. The van der Waals surface area contributed by atoms with E-state index in [1.54, 1.807) is 18.2 Å². The third kappa shape index (κ3) is 3.73. The SMILES string of the molecule is N#CC1(NC(=O)[C@@H]2C[C@@H](S(=O)(=O)c3ccccc3Cl)CN2)CCCCC1. The van der Waals surface area contributed by atoms with Crippen molar-refractivity contribution >= 4 is 27.3 Å². The molecule has 2 atom stereocenters. The van der Waals surface area contributed by atoms with E-state index in [1.165, 1.54) is 6.07 Å². The van der Waals surface area contributed by atoms with Gasteiger partial charge in [-0.1, -0.05) is 43.0 Å². The summed E-state index contributed by atoms with van der Waals surface area (Å²) >= 11 is 6.04. The summed E-state index contributed by atoms with van der Waals surface area (Å²) in [6.45, 7) is 0.186. The molecule has 8 heteroatoms. The summed E-state index contributed by atoms with van der Waals surface area (Å²) in [5, 5.41) is 14.8. The zero-order valence-electron chi connectivity index (χ0n) is 14.4. The van der Waals surface area contributed by atoms with E-state index in [-0.39, 0.29) is 28.8 Å². The molecule has 0 unspecified atom stereocenters. The predicted molar refractivity (Wildman–Crippen MR) is 98.4 cm³/mol. The molecule has 1 heterocycles. The van der Waals surface area contributed by atoms with Crippen molar-refractivity contribution in [3.8, 4) is 6.07 Å². The third-order valence-corrected chi connectivity index (χ3v) is 7.92. The highest BCUT2D eigenvalue weighted by Gasteiger charge is 2.41. The Morgan fingerprint density at radius 3 is 2.62 bits per heavy atom. The molecule has 1 aliphatic heterocycles. The van der Waals surface area contributed by atoms with Gasteiger partial charge in [0.2, 0.25) is 5.91 Å². The molecule has 2 aliphatic rings. The van der Waals surface area contributed by atoms with Gasteiger partial charge in [-0.25, -0.2) is 8.42 Å². The standard InChI is InChI=1S/C18H22ClN3O3S/c19-14-6-2-3-7-16(14)26(24,25)13-10-15(21-11-13)17(23)22-18(12-20)8-4-1-5-9-18/h2-3,6-7,13,15,21H,1,4-5,8-11H2,(H,22,23)/t13-,15+/m1/s1. The van der Waals surface area contributed by atoms with Crippen LogP contribution in [-0.2, 0) is 14.6 Å². The molecule has 26 heavy (non-hydrogen) atoms. The van der Waals surface area contributed by atoms with Crippen molar-refractivity contribution in [2.45, 2.75) is 60.3 Å². The zero-order chi connectivity index (χ0) is 18.8. The lowest BCUT2D eigenvalue weighted by atomic mass is 9.82. The van der Waals surface area contributed by atoms with E-state index in [2.05, 4.69) is 16.7 Å². The molecule has 1 saturated heterocycles. The highest BCUT2D eigenvalue weighted by molar-refractivity contribution is 7.92. The van der Waals surface area contributed by atoms with E-state index < -0.39 is 26.7 Å². The van der Waals surface area contributed by atoms with Gasteiger partial charge in [0.25, 0.3) is 0 Å². The second kappa shape index (κ2) is 7.55. The fourth-order valence-corrected chi connectivity index (χ4v) is 5.92.